The maximum absolute atomic E-state index is 8.44. The van der Waals surface area contributed by atoms with Crippen LogP contribution in [0.25, 0.3) is 0 Å². The van der Waals surface area contributed by atoms with Crippen LogP contribution in [0.3, 0.4) is 0 Å². The minimum Gasteiger partial charge on any atom is -0.198 e. The SMILES string of the molecule is [CH2]CC(CC#N)CCCCC#N. The van der Waals surface area contributed by atoms with Gasteiger partial charge in [0.2, 0.25) is 0 Å². The summed E-state index contributed by atoms with van der Waals surface area (Å²) < 4.78 is 0. The zero-order valence-corrected chi connectivity index (χ0v) is 7.42. The van der Waals surface area contributed by atoms with E-state index < -0.39 is 0 Å². The molecule has 0 heterocycles. The lowest BCUT2D eigenvalue weighted by atomic mass is 9.96. The van der Waals surface area contributed by atoms with Gasteiger partial charge in [-0.3, -0.25) is 0 Å². The van der Waals surface area contributed by atoms with E-state index in [0.29, 0.717) is 18.8 Å². The molecule has 0 saturated heterocycles. The molecule has 0 fully saturated rings. The summed E-state index contributed by atoms with van der Waals surface area (Å²) in [7, 11) is 0. The van der Waals surface area contributed by atoms with Crippen LogP contribution in [0.5, 0.6) is 0 Å². The van der Waals surface area contributed by atoms with Crippen molar-refractivity contribution in [1.82, 2.24) is 0 Å². The molecular formula is C10H15N2. The quantitative estimate of drug-likeness (QED) is 0.565. The first kappa shape index (κ1) is 11.0. The van der Waals surface area contributed by atoms with Crippen LogP contribution in [0.1, 0.15) is 38.5 Å². The second-order valence-electron chi connectivity index (χ2n) is 2.92. The van der Waals surface area contributed by atoms with E-state index in [1.807, 2.05) is 0 Å². The Labute approximate surface area is 74.8 Å². The molecular weight excluding hydrogens is 148 g/mol. The minimum absolute atomic E-state index is 0.439. The van der Waals surface area contributed by atoms with Crippen LogP contribution in [0.4, 0.5) is 0 Å². The topological polar surface area (TPSA) is 47.6 Å². The zero-order valence-electron chi connectivity index (χ0n) is 7.42. The molecule has 0 aliphatic rings. The maximum Gasteiger partial charge on any atom is 0.0624 e. The van der Waals surface area contributed by atoms with E-state index in [2.05, 4.69) is 19.1 Å². The standard InChI is InChI=1S/C10H15N2/c1-2-10(7-9-12)6-4-3-5-8-11/h10H,1-7H2. The lowest BCUT2D eigenvalue weighted by Gasteiger charge is -2.08. The van der Waals surface area contributed by atoms with Crippen molar-refractivity contribution in [3.05, 3.63) is 6.92 Å². The van der Waals surface area contributed by atoms with Gasteiger partial charge in [-0.1, -0.05) is 13.3 Å². The molecule has 0 aromatic carbocycles. The molecule has 0 spiro atoms. The van der Waals surface area contributed by atoms with Crippen LogP contribution in [-0.2, 0) is 0 Å². The molecule has 0 saturated carbocycles. The molecule has 1 radical (unpaired) electrons. The summed E-state index contributed by atoms with van der Waals surface area (Å²) in [6.45, 7) is 3.79. The van der Waals surface area contributed by atoms with E-state index in [1.54, 1.807) is 0 Å². The molecule has 65 valence electrons. The van der Waals surface area contributed by atoms with Crippen molar-refractivity contribution in [2.45, 2.75) is 38.5 Å². The number of nitriles is 2. The van der Waals surface area contributed by atoms with Crippen LogP contribution >= 0.6 is 0 Å². The average Bonchev–Trinajstić information content (AvgIpc) is 2.10. The number of hydrogen-bond donors (Lipinski definition) is 0. The highest BCUT2D eigenvalue weighted by atomic mass is 14.2. The minimum atomic E-state index is 0.439. The van der Waals surface area contributed by atoms with Gasteiger partial charge in [-0.15, -0.1) is 0 Å². The fourth-order valence-electron chi connectivity index (χ4n) is 1.11. The molecule has 0 aromatic heterocycles. The van der Waals surface area contributed by atoms with Gasteiger partial charge >= 0.3 is 0 Å². The third-order valence-corrected chi connectivity index (χ3v) is 1.94. The van der Waals surface area contributed by atoms with Crippen molar-refractivity contribution in [2.24, 2.45) is 5.92 Å². The van der Waals surface area contributed by atoms with E-state index in [-0.39, 0.29) is 0 Å². The highest BCUT2D eigenvalue weighted by Gasteiger charge is 2.04. The van der Waals surface area contributed by atoms with E-state index in [4.69, 9.17) is 10.5 Å². The van der Waals surface area contributed by atoms with Gasteiger partial charge in [0, 0.05) is 12.8 Å². The van der Waals surface area contributed by atoms with Crippen molar-refractivity contribution < 1.29 is 0 Å². The Morgan fingerprint density at radius 3 is 2.42 bits per heavy atom. The molecule has 0 N–H and O–H groups in total. The van der Waals surface area contributed by atoms with Crippen LogP contribution in [-0.4, -0.2) is 0 Å². The number of unbranched alkanes of at least 4 members (excludes halogenated alkanes) is 2. The average molecular weight is 163 g/mol. The van der Waals surface area contributed by atoms with Gasteiger partial charge < -0.3 is 0 Å². The Bertz CT molecular complexity index is 173. The van der Waals surface area contributed by atoms with E-state index in [1.165, 1.54) is 0 Å². The van der Waals surface area contributed by atoms with E-state index in [9.17, 15) is 0 Å². The fourth-order valence-corrected chi connectivity index (χ4v) is 1.11. The molecule has 0 bridgehead atoms. The Morgan fingerprint density at radius 1 is 1.17 bits per heavy atom. The largest absolute Gasteiger partial charge is 0.198 e. The molecule has 0 rings (SSSR count). The van der Waals surface area contributed by atoms with Crippen molar-refractivity contribution >= 4 is 0 Å². The van der Waals surface area contributed by atoms with E-state index >= 15 is 0 Å². The van der Waals surface area contributed by atoms with Crippen molar-refractivity contribution in [3.63, 3.8) is 0 Å². The zero-order chi connectivity index (χ0) is 9.23. The molecule has 1 unspecified atom stereocenters. The molecule has 0 aliphatic carbocycles. The summed E-state index contributed by atoms with van der Waals surface area (Å²) in [5.41, 5.74) is 0. The number of nitrogens with zero attached hydrogens (tertiary/aromatic N) is 2. The molecule has 1 atom stereocenters. The summed E-state index contributed by atoms with van der Waals surface area (Å²) in [5, 5.41) is 16.7. The summed E-state index contributed by atoms with van der Waals surface area (Å²) in [4.78, 5) is 0. The first-order chi connectivity index (χ1) is 5.85. The molecule has 2 heteroatoms. The van der Waals surface area contributed by atoms with Crippen molar-refractivity contribution in [3.8, 4) is 12.1 Å². The highest BCUT2D eigenvalue weighted by Crippen LogP contribution is 2.15. The third-order valence-electron chi connectivity index (χ3n) is 1.94. The molecule has 0 aromatic rings. The molecule has 12 heavy (non-hydrogen) atoms. The first-order valence-corrected chi connectivity index (χ1v) is 4.38. The second kappa shape index (κ2) is 8.08. The van der Waals surface area contributed by atoms with Gasteiger partial charge in [0.05, 0.1) is 12.1 Å². The van der Waals surface area contributed by atoms with Crippen molar-refractivity contribution in [2.75, 3.05) is 0 Å². The number of rotatable bonds is 6. The fraction of sp³-hybridized carbons (Fsp3) is 0.700. The van der Waals surface area contributed by atoms with Crippen LogP contribution < -0.4 is 0 Å². The van der Waals surface area contributed by atoms with Crippen LogP contribution in [0.15, 0.2) is 0 Å². The predicted molar refractivity (Wildman–Crippen MR) is 47.8 cm³/mol. The third kappa shape index (κ3) is 5.74. The predicted octanol–water partition coefficient (Wildman–Crippen LogP) is 2.82. The van der Waals surface area contributed by atoms with Crippen LogP contribution in [0.2, 0.25) is 0 Å². The van der Waals surface area contributed by atoms with Gasteiger partial charge in [-0.25, -0.2) is 0 Å². The molecule has 0 aliphatic heterocycles. The van der Waals surface area contributed by atoms with Crippen molar-refractivity contribution in [1.29, 1.82) is 10.5 Å². The highest BCUT2D eigenvalue weighted by molar-refractivity contribution is 4.77. The van der Waals surface area contributed by atoms with Gasteiger partial charge in [-0.2, -0.15) is 10.5 Å². The van der Waals surface area contributed by atoms with Gasteiger partial charge in [0.25, 0.3) is 0 Å². The maximum atomic E-state index is 8.44. The van der Waals surface area contributed by atoms with Gasteiger partial charge in [0.15, 0.2) is 0 Å². The lowest BCUT2D eigenvalue weighted by Crippen LogP contribution is -1.97. The van der Waals surface area contributed by atoms with E-state index in [0.717, 1.165) is 25.7 Å². The summed E-state index contributed by atoms with van der Waals surface area (Å²) in [6, 6.07) is 4.27. The smallest absolute Gasteiger partial charge is 0.0624 e. The van der Waals surface area contributed by atoms with Crippen LogP contribution in [0, 0.1) is 35.5 Å². The first-order valence-electron chi connectivity index (χ1n) is 4.38. The lowest BCUT2D eigenvalue weighted by molar-refractivity contribution is 0.473. The molecule has 2 nitrogen and oxygen atoms in total. The van der Waals surface area contributed by atoms with Gasteiger partial charge in [-0.05, 0) is 25.2 Å². The summed E-state index contributed by atoms with van der Waals surface area (Å²) >= 11 is 0. The normalized spacial score (nSPS) is 11.6. The summed E-state index contributed by atoms with van der Waals surface area (Å²) in [5.74, 6) is 0.439. The Morgan fingerprint density at radius 2 is 1.92 bits per heavy atom. The Hall–Kier alpha value is -1.02. The molecule has 0 amide bonds. The summed E-state index contributed by atoms with van der Waals surface area (Å²) in [6.07, 6.45) is 5.12. The van der Waals surface area contributed by atoms with Gasteiger partial charge in [0.1, 0.15) is 0 Å². The Balaban J connectivity index is 3.34. The monoisotopic (exact) mass is 163 g/mol. The Kier molecular flexibility index (Phi) is 7.39. The second-order valence-corrected chi connectivity index (χ2v) is 2.92. The number of hydrogen-bond acceptors (Lipinski definition) is 2.